The first-order chi connectivity index (χ1) is 8.95. The van der Waals surface area contributed by atoms with Gasteiger partial charge in [-0.25, -0.2) is 9.97 Å². The number of benzene rings is 1. The van der Waals surface area contributed by atoms with E-state index in [1.54, 1.807) is 0 Å². The molecule has 98 valence electrons. The Morgan fingerprint density at radius 3 is 2.16 bits per heavy atom. The Kier molecular flexibility index (Phi) is 3.41. The summed E-state index contributed by atoms with van der Waals surface area (Å²) in [5.74, 6) is 0.461. The van der Waals surface area contributed by atoms with Gasteiger partial charge in [-0.3, -0.25) is 0 Å². The standard InChI is InChI=1S/C11H8F3N5/c12-11(13,14)7-1-3-8(4-2-7)18-19-10-6-16-9(15)5-17-10/h1-6H,(H2,15,16). The number of halogens is 3. The molecule has 0 radical (unpaired) electrons. The van der Waals surface area contributed by atoms with E-state index in [1.807, 2.05) is 0 Å². The van der Waals surface area contributed by atoms with Crippen molar-refractivity contribution in [2.75, 3.05) is 5.73 Å². The molecule has 0 atom stereocenters. The predicted octanol–water partition coefficient (Wildman–Crippen LogP) is 3.49. The van der Waals surface area contributed by atoms with E-state index in [4.69, 9.17) is 5.73 Å². The van der Waals surface area contributed by atoms with Crippen LogP contribution in [0.3, 0.4) is 0 Å². The Morgan fingerprint density at radius 1 is 0.947 bits per heavy atom. The first-order valence-electron chi connectivity index (χ1n) is 5.12. The Bertz CT molecular complexity index is 575. The van der Waals surface area contributed by atoms with Crippen molar-refractivity contribution in [3.8, 4) is 0 Å². The van der Waals surface area contributed by atoms with E-state index in [2.05, 4.69) is 20.2 Å². The predicted molar refractivity (Wildman–Crippen MR) is 62.1 cm³/mol. The van der Waals surface area contributed by atoms with Crippen LogP contribution in [0.15, 0.2) is 46.9 Å². The molecule has 2 aromatic rings. The molecule has 1 aromatic heterocycles. The highest BCUT2D eigenvalue weighted by Crippen LogP contribution is 2.30. The summed E-state index contributed by atoms with van der Waals surface area (Å²) < 4.78 is 37.0. The molecule has 0 fully saturated rings. The maximum Gasteiger partial charge on any atom is 0.416 e. The lowest BCUT2D eigenvalue weighted by atomic mass is 10.2. The minimum absolute atomic E-state index is 0.217. The van der Waals surface area contributed by atoms with Crippen LogP contribution in [0.1, 0.15) is 5.56 Å². The first kappa shape index (κ1) is 12.9. The average molecular weight is 267 g/mol. The molecule has 0 aliphatic carbocycles. The second-order valence-corrected chi connectivity index (χ2v) is 3.54. The van der Waals surface area contributed by atoms with Crippen molar-refractivity contribution >= 4 is 17.3 Å². The number of anilines is 1. The summed E-state index contributed by atoms with van der Waals surface area (Å²) in [5, 5.41) is 7.47. The van der Waals surface area contributed by atoms with Gasteiger partial charge < -0.3 is 5.73 Å². The van der Waals surface area contributed by atoms with Gasteiger partial charge in [0, 0.05) is 0 Å². The van der Waals surface area contributed by atoms with Crippen LogP contribution in [0.25, 0.3) is 0 Å². The molecule has 0 saturated heterocycles. The van der Waals surface area contributed by atoms with Crippen molar-refractivity contribution in [1.82, 2.24) is 9.97 Å². The Morgan fingerprint density at radius 2 is 1.63 bits per heavy atom. The van der Waals surface area contributed by atoms with Gasteiger partial charge >= 0.3 is 6.18 Å². The van der Waals surface area contributed by atoms with Gasteiger partial charge in [0.2, 0.25) is 0 Å². The monoisotopic (exact) mass is 267 g/mol. The fraction of sp³-hybridized carbons (Fsp3) is 0.0909. The normalized spacial score (nSPS) is 11.9. The largest absolute Gasteiger partial charge is 0.416 e. The van der Waals surface area contributed by atoms with Gasteiger partial charge in [-0.2, -0.15) is 13.2 Å². The second kappa shape index (κ2) is 5.01. The lowest BCUT2D eigenvalue weighted by Gasteiger charge is -2.05. The van der Waals surface area contributed by atoms with E-state index in [0.29, 0.717) is 0 Å². The number of aromatic nitrogens is 2. The van der Waals surface area contributed by atoms with E-state index in [0.717, 1.165) is 12.1 Å². The average Bonchev–Trinajstić information content (AvgIpc) is 2.37. The van der Waals surface area contributed by atoms with Gasteiger partial charge in [-0.1, -0.05) is 0 Å². The molecule has 0 bridgehead atoms. The molecular weight excluding hydrogens is 259 g/mol. The van der Waals surface area contributed by atoms with Gasteiger partial charge in [0.25, 0.3) is 0 Å². The van der Waals surface area contributed by atoms with Crippen LogP contribution in [-0.2, 0) is 6.18 Å². The van der Waals surface area contributed by atoms with Crippen LogP contribution in [0, 0.1) is 0 Å². The number of nitrogens with two attached hydrogens (primary N) is 1. The molecule has 0 aliphatic rings. The van der Waals surface area contributed by atoms with E-state index in [-0.39, 0.29) is 17.3 Å². The number of alkyl halides is 3. The number of hydrogen-bond acceptors (Lipinski definition) is 5. The SMILES string of the molecule is Nc1cnc(N=Nc2ccc(C(F)(F)F)cc2)cn1. The van der Waals surface area contributed by atoms with E-state index in [9.17, 15) is 13.2 Å². The fourth-order valence-electron chi connectivity index (χ4n) is 1.21. The molecule has 5 nitrogen and oxygen atoms in total. The summed E-state index contributed by atoms with van der Waals surface area (Å²) in [4.78, 5) is 7.57. The van der Waals surface area contributed by atoms with Crippen molar-refractivity contribution in [3.05, 3.63) is 42.2 Å². The first-order valence-corrected chi connectivity index (χ1v) is 5.12. The molecule has 2 rings (SSSR count). The van der Waals surface area contributed by atoms with Crippen molar-refractivity contribution in [2.24, 2.45) is 10.2 Å². The highest BCUT2D eigenvalue weighted by molar-refractivity contribution is 5.40. The topological polar surface area (TPSA) is 76.5 Å². The van der Waals surface area contributed by atoms with Crippen molar-refractivity contribution in [3.63, 3.8) is 0 Å². The summed E-state index contributed by atoms with van der Waals surface area (Å²) >= 11 is 0. The zero-order valence-electron chi connectivity index (χ0n) is 9.46. The van der Waals surface area contributed by atoms with Gasteiger partial charge in [0.05, 0.1) is 23.6 Å². The van der Waals surface area contributed by atoms with E-state index < -0.39 is 11.7 Å². The maximum absolute atomic E-state index is 12.3. The van der Waals surface area contributed by atoms with Gasteiger partial charge in [-0.05, 0) is 24.3 Å². The lowest BCUT2D eigenvalue weighted by Crippen LogP contribution is -2.03. The van der Waals surface area contributed by atoms with Gasteiger partial charge in [0.15, 0.2) is 5.82 Å². The van der Waals surface area contributed by atoms with Crippen LogP contribution in [0.2, 0.25) is 0 Å². The van der Waals surface area contributed by atoms with Crippen LogP contribution in [0.5, 0.6) is 0 Å². The van der Waals surface area contributed by atoms with E-state index in [1.165, 1.54) is 24.5 Å². The minimum Gasteiger partial charge on any atom is -0.382 e. The van der Waals surface area contributed by atoms with Gasteiger partial charge in [0.1, 0.15) is 5.82 Å². The number of azo groups is 1. The highest BCUT2D eigenvalue weighted by atomic mass is 19.4. The number of nitrogen functional groups attached to an aromatic ring is 1. The number of rotatable bonds is 2. The molecular formula is C11H8F3N5. The summed E-state index contributed by atoms with van der Waals surface area (Å²) in [6.07, 6.45) is -1.75. The zero-order valence-corrected chi connectivity index (χ0v) is 9.46. The lowest BCUT2D eigenvalue weighted by molar-refractivity contribution is -0.137. The summed E-state index contributed by atoms with van der Waals surface area (Å²) in [6, 6.07) is 4.31. The Balaban J connectivity index is 2.13. The van der Waals surface area contributed by atoms with Crippen molar-refractivity contribution in [1.29, 1.82) is 0 Å². The van der Waals surface area contributed by atoms with Gasteiger partial charge in [-0.15, -0.1) is 10.2 Å². The third-order valence-corrected chi connectivity index (χ3v) is 2.12. The van der Waals surface area contributed by atoms with Crippen LogP contribution in [-0.4, -0.2) is 9.97 Å². The summed E-state index contributed by atoms with van der Waals surface area (Å²) in [6.45, 7) is 0. The third-order valence-electron chi connectivity index (χ3n) is 2.12. The smallest absolute Gasteiger partial charge is 0.382 e. The highest BCUT2D eigenvalue weighted by Gasteiger charge is 2.29. The fourth-order valence-corrected chi connectivity index (χ4v) is 1.21. The van der Waals surface area contributed by atoms with Crippen LogP contribution >= 0.6 is 0 Å². The molecule has 0 spiro atoms. The molecule has 0 amide bonds. The molecule has 0 unspecified atom stereocenters. The number of nitrogens with zero attached hydrogens (tertiary/aromatic N) is 4. The minimum atomic E-state index is -4.36. The van der Waals surface area contributed by atoms with Crippen molar-refractivity contribution < 1.29 is 13.2 Å². The molecule has 2 N–H and O–H groups in total. The zero-order chi connectivity index (χ0) is 13.9. The molecule has 1 aromatic carbocycles. The Hall–Kier alpha value is -2.51. The van der Waals surface area contributed by atoms with Crippen molar-refractivity contribution in [2.45, 2.75) is 6.18 Å². The second-order valence-electron chi connectivity index (χ2n) is 3.54. The summed E-state index contributed by atoms with van der Waals surface area (Å²) in [5.41, 5.74) is 4.89. The molecule has 19 heavy (non-hydrogen) atoms. The molecule has 1 heterocycles. The third kappa shape index (κ3) is 3.47. The Labute approximate surface area is 106 Å². The van der Waals surface area contributed by atoms with Crippen LogP contribution < -0.4 is 5.73 Å². The molecule has 8 heteroatoms. The summed E-state index contributed by atoms with van der Waals surface area (Å²) in [7, 11) is 0. The molecule has 0 saturated carbocycles. The maximum atomic E-state index is 12.3. The molecule has 0 aliphatic heterocycles. The quantitative estimate of drug-likeness (QED) is 0.846. The number of hydrogen-bond donors (Lipinski definition) is 1. The van der Waals surface area contributed by atoms with E-state index >= 15 is 0 Å². The van der Waals surface area contributed by atoms with Crippen LogP contribution in [0.4, 0.5) is 30.5 Å².